The Morgan fingerprint density at radius 3 is 2.27 bits per heavy atom. The van der Waals surface area contributed by atoms with Gasteiger partial charge >= 0.3 is 0 Å². The molecule has 1 unspecified atom stereocenters. The van der Waals surface area contributed by atoms with E-state index in [-0.39, 0.29) is 24.5 Å². The molecule has 0 saturated heterocycles. The highest BCUT2D eigenvalue weighted by Crippen LogP contribution is 2.35. The fourth-order valence-corrected chi connectivity index (χ4v) is 5.51. The predicted molar refractivity (Wildman–Crippen MR) is 167 cm³/mol. The molecule has 1 aliphatic carbocycles. The minimum Gasteiger partial charge on any atom is -0.490 e. The number of guanidine groups is 1. The summed E-state index contributed by atoms with van der Waals surface area (Å²) in [5.74, 6) is 0.872. The molecule has 3 aromatic carbocycles. The zero-order chi connectivity index (χ0) is 29.5. The lowest BCUT2D eigenvalue weighted by atomic mass is 10.0. The van der Waals surface area contributed by atoms with Gasteiger partial charge in [-0.15, -0.1) is 0 Å². The Hall–Kier alpha value is -2.84. The van der Waals surface area contributed by atoms with Gasteiger partial charge in [-0.3, -0.25) is 4.79 Å². The van der Waals surface area contributed by atoms with Gasteiger partial charge in [0.15, 0.2) is 11.7 Å². The highest BCUT2D eigenvalue weighted by Gasteiger charge is 2.36. The van der Waals surface area contributed by atoms with Gasteiger partial charge in [0.1, 0.15) is 25.0 Å². The molecule has 0 aromatic heterocycles. The van der Waals surface area contributed by atoms with Crippen molar-refractivity contribution in [1.29, 1.82) is 0 Å². The van der Waals surface area contributed by atoms with Crippen molar-refractivity contribution in [3.8, 4) is 11.5 Å². The van der Waals surface area contributed by atoms with Crippen molar-refractivity contribution in [2.24, 2.45) is 16.5 Å². The number of carbonyl (C=O) groups is 1. The molecule has 4 rings (SSSR count). The maximum Gasteiger partial charge on any atom is 0.248 e. The SMILES string of the molecule is Cc1cc(Cl)c(OCCOc2ccc(CCC(N=C(N)N)C(=O)N(Cc3cccc(Cl)c3Cl)C3CC3)cc2)c(Cl)c1. The molecule has 1 atom stereocenters. The van der Waals surface area contributed by atoms with Crippen molar-refractivity contribution in [1.82, 2.24) is 4.90 Å². The van der Waals surface area contributed by atoms with Crippen LogP contribution in [-0.2, 0) is 17.8 Å². The summed E-state index contributed by atoms with van der Waals surface area (Å²) in [6.07, 6.45) is 2.89. The van der Waals surface area contributed by atoms with E-state index >= 15 is 0 Å². The lowest BCUT2D eigenvalue weighted by Gasteiger charge is -2.26. The number of aryl methyl sites for hydroxylation is 2. The highest BCUT2D eigenvalue weighted by molar-refractivity contribution is 6.42. The molecule has 0 spiro atoms. The van der Waals surface area contributed by atoms with Crippen LogP contribution in [0.5, 0.6) is 11.5 Å². The topological polar surface area (TPSA) is 103 Å². The smallest absolute Gasteiger partial charge is 0.248 e. The Kier molecular flexibility index (Phi) is 10.9. The second-order valence-electron chi connectivity index (χ2n) is 9.92. The highest BCUT2D eigenvalue weighted by atomic mass is 35.5. The monoisotopic (exact) mass is 636 g/mol. The van der Waals surface area contributed by atoms with Gasteiger partial charge in [0.05, 0.1) is 20.1 Å². The van der Waals surface area contributed by atoms with Crippen LogP contribution >= 0.6 is 46.4 Å². The number of halogens is 4. The van der Waals surface area contributed by atoms with Crippen LogP contribution in [0.15, 0.2) is 59.6 Å². The molecule has 0 radical (unpaired) electrons. The van der Waals surface area contributed by atoms with E-state index < -0.39 is 6.04 Å². The number of nitrogens with two attached hydrogens (primary N) is 2. The molecule has 0 aliphatic heterocycles. The molecule has 1 saturated carbocycles. The first-order valence-electron chi connectivity index (χ1n) is 13.2. The van der Waals surface area contributed by atoms with E-state index in [1.165, 1.54) is 0 Å². The van der Waals surface area contributed by atoms with E-state index in [1.54, 1.807) is 18.2 Å². The average Bonchev–Trinajstić information content (AvgIpc) is 3.76. The van der Waals surface area contributed by atoms with Crippen LogP contribution in [0.1, 0.15) is 36.0 Å². The summed E-state index contributed by atoms with van der Waals surface area (Å²) in [6, 6.07) is 16.1. The Morgan fingerprint density at radius 2 is 1.63 bits per heavy atom. The molecule has 1 aliphatic rings. The Labute approximate surface area is 260 Å². The van der Waals surface area contributed by atoms with Crippen molar-refractivity contribution >= 4 is 58.3 Å². The first-order chi connectivity index (χ1) is 19.6. The number of aliphatic imine (C=N–C) groups is 1. The second-order valence-corrected chi connectivity index (χ2v) is 11.5. The van der Waals surface area contributed by atoms with Gasteiger partial charge in [-0.2, -0.15) is 0 Å². The molecule has 0 bridgehead atoms. The third-order valence-electron chi connectivity index (χ3n) is 6.60. The third kappa shape index (κ3) is 8.82. The van der Waals surface area contributed by atoms with Crippen molar-refractivity contribution in [2.75, 3.05) is 13.2 Å². The van der Waals surface area contributed by atoms with Crippen LogP contribution < -0.4 is 20.9 Å². The van der Waals surface area contributed by atoms with Crippen molar-refractivity contribution in [3.05, 3.63) is 91.4 Å². The number of rotatable bonds is 13. The zero-order valence-corrected chi connectivity index (χ0v) is 25.6. The van der Waals surface area contributed by atoms with Gasteiger partial charge in [0.25, 0.3) is 0 Å². The second kappa shape index (κ2) is 14.4. The summed E-state index contributed by atoms with van der Waals surface area (Å²) in [6.45, 7) is 2.85. The number of carbonyl (C=O) groups excluding carboxylic acids is 1. The van der Waals surface area contributed by atoms with Crippen LogP contribution in [0.2, 0.25) is 20.1 Å². The Balaban J connectivity index is 1.32. The van der Waals surface area contributed by atoms with Gasteiger partial charge in [-0.25, -0.2) is 4.99 Å². The summed E-state index contributed by atoms with van der Waals surface area (Å²) < 4.78 is 11.5. The summed E-state index contributed by atoms with van der Waals surface area (Å²) in [5, 5.41) is 1.83. The first kappa shape index (κ1) is 31.1. The van der Waals surface area contributed by atoms with Crippen LogP contribution in [-0.4, -0.2) is 42.1 Å². The summed E-state index contributed by atoms with van der Waals surface area (Å²) >= 11 is 25.0. The normalized spacial score (nSPS) is 13.4. The standard InChI is InChI=1S/C30H32Cl4N4O3/c1-18-15-24(32)28(25(33)16-18)41-14-13-40-22-10-5-19(6-11-22)7-12-26(37-30(35)36)29(39)38(21-8-9-21)17-20-3-2-4-23(31)27(20)34/h2-6,10-11,15-16,21,26H,7-9,12-14,17H2,1H3,(H4,35,36,37). The maximum atomic E-state index is 13.6. The van der Waals surface area contributed by atoms with Crippen LogP contribution in [0.4, 0.5) is 0 Å². The molecule has 1 fully saturated rings. The fourth-order valence-electron chi connectivity index (χ4n) is 4.43. The molecular weight excluding hydrogens is 606 g/mol. The summed E-state index contributed by atoms with van der Waals surface area (Å²) in [5.41, 5.74) is 14.2. The Bertz CT molecular complexity index is 1370. The lowest BCUT2D eigenvalue weighted by Crippen LogP contribution is -2.41. The molecule has 11 heteroatoms. The number of amides is 1. The van der Waals surface area contributed by atoms with E-state index in [0.29, 0.717) is 57.6 Å². The molecule has 1 amide bonds. The number of benzene rings is 3. The molecule has 0 heterocycles. The van der Waals surface area contributed by atoms with E-state index in [0.717, 1.165) is 29.5 Å². The first-order valence-corrected chi connectivity index (χ1v) is 14.8. The molecule has 218 valence electrons. The zero-order valence-electron chi connectivity index (χ0n) is 22.6. The van der Waals surface area contributed by atoms with E-state index in [1.807, 2.05) is 48.2 Å². The van der Waals surface area contributed by atoms with Gasteiger partial charge in [-0.05, 0) is 79.6 Å². The van der Waals surface area contributed by atoms with Crippen LogP contribution in [0.3, 0.4) is 0 Å². The lowest BCUT2D eigenvalue weighted by molar-refractivity contribution is -0.133. The number of hydrogen-bond donors (Lipinski definition) is 2. The van der Waals surface area contributed by atoms with Gasteiger partial charge < -0.3 is 25.8 Å². The van der Waals surface area contributed by atoms with Gasteiger partial charge in [-0.1, -0.05) is 70.7 Å². The average molecular weight is 638 g/mol. The largest absolute Gasteiger partial charge is 0.490 e. The Morgan fingerprint density at radius 1 is 0.976 bits per heavy atom. The minimum absolute atomic E-state index is 0.126. The molecule has 3 aromatic rings. The molecule has 7 nitrogen and oxygen atoms in total. The van der Waals surface area contributed by atoms with Gasteiger partial charge in [0.2, 0.25) is 5.91 Å². The fraction of sp³-hybridized carbons (Fsp3) is 0.333. The number of ether oxygens (including phenoxy) is 2. The minimum atomic E-state index is -0.716. The number of hydrogen-bond acceptors (Lipinski definition) is 4. The third-order valence-corrected chi connectivity index (χ3v) is 8.02. The van der Waals surface area contributed by atoms with Crippen molar-refractivity contribution in [3.63, 3.8) is 0 Å². The van der Waals surface area contributed by atoms with E-state index in [2.05, 4.69) is 4.99 Å². The van der Waals surface area contributed by atoms with Crippen LogP contribution in [0.25, 0.3) is 0 Å². The summed E-state index contributed by atoms with van der Waals surface area (Å²) in [7, 11) is 0. The van der Waals surface area contributed by atoms with Crippen molar-refractivity contribution in [2.45, 2.75) is 51.2 Å². The predicted octanol–water partition coefficient (Wildman–Crippen LogP) is 6.83. The van der Waals surface area contributed by atoms with Gasteiger partial charge in [0, 0.05) is 12.6 Å². The van der Waals surface area contributed by atoms with E-state index in [4.69, 9.17) is 67.3 Å². The molecule has 4 N–H and O–H groups in total. The molecular formula is C30H32Cl4N4O3. The molecule has 41 heavy (non-hydrogen) atoms. The maximum absolute atomic E-state index is 13.6. The van der Waals surface area contributed by atoms with E-state index in [9.17, 15) is 4.79 Å². The number of nitrogens with zero attached hydrogens (tertiary/aromatic N) is 2. The van der Waals surface area contributed by atoms with Crippen molar-refractivity contribution < 1.29 is 14.3 Å². The quantitative estimate of drug-likeness (QED) is 0.121. The summed E-state index contributed by atoms with van der Waals surface area (Å²) in [4.78, 5) is 19.7. The van der Waals surface area contributed by atoms with Crippen LogP contribution in [0, 0.1) is 6.92 Å².